The first kappa shape index (κ1) is 14.8. The van der Waals surface area contributed by atoms with Gasteiger partial charge in [-0.05, 0) is 37.3 Å². The first-order chi connectivity index (χ1) is 9.69. The van der Waals surface area contributed by atoms with E-state index in [-0.39, 0.29) is 0 Å². The van der Waals surface area contributed by atoms with E-state index in [1.807, 2.05) is 0 Å². The number of aromatic nitrogens is 1. The van der Waals surface area contributed by atoms with Crippen LogP contribution in [-0.2, 0) is 11.2 Å². The number of aromatic carboxylic acids is 1. The zero-order chi connectivity index (χ0) is 14.4. The Morgan fingerprint density at radius 3 is 3.05 bits per heavy atom. The van der Waals surface area contributed by atoms with Crippen LogP contribution in [0.15, 0.2) is 12.1 Å². The van der Waals surface area contributed by atoms with Crippen molar-refractivity contribution in [3.8, 4) is 0 Å². The second kappa shape index (κ2) is 7.24. The van der Waals surface area contributed by atoms with Gasteiger partial charge in [-0.15, -0.1) is 0 Å². The van der Waals surface area contributed by atoms with E-state index in [9.17, 15) is 4.79 Å². The van der Waals surface area contributed by atoms with Gasteiger partial charge in [-0.25, -0.2) is 9.78 Å². The monoisotopic (exact) mass is 278 g/mol. The highest BCUT2D eigenvalue weighted by molar-refractivity contribution is 5.88. The normalized spacial score (nSPS) is 18.8. The Morgan fingerprint density at radius 1 is 1.55 bits per heavy atom. The highest BCUT2D eigenvalue weighted by Gasteiger charge is 2.14. The average Bonchev–Trinajstić information content (AvgIpc) is 2.46. The van der Waals surface area contributed by atoms with Gasteiger partial charge in [0.15, 0.2) is 0 Å². The van der Waals surface area contributed by atoms with Crippen molar-refractivity contribution in [3.63, 3.8) is 0 Å². The van der Waals surface area contributed by atoms with Crippen molar-refractivity contribution in [2.45, 2.75) is 32.6 Å². The Kier molecular flexibility index (Phi) is 5.35. The van der Waals surface area contributed by atoms with Gasteiger partial charge in [0.2, 0.25) is 0 Å². The number of carboxylic acid groups (broad SMARTS) is 1. The molecule has 0 spiro atoms. The third kappa shape index (κ3) is 4.20. The van der Waals surface area contributed by atoms with Gasteiger partial charge in [0, 0.05) is 18.8 Å². The summed E-state index contributed by atoms with van der Waals surface area (Å²) in [7, 11) is 0. The highest BCUT2D eigenvalue weighted by atomic mass is 16.5. The SMILES string of the molecule is CCCc1cc(C(=O)O)cc(NCC2CCCOC2)n1. The molecule has 1 aliphatic heterocycles. The first-order valence-corrected chi connectivity index (χ1v) is 7.25. The van der Waals surface area contributed by atoms with E-state index in [0.717, 1.165) is 51.1 Å². The van der Waals surface area contributed by atoms with Crippen LogP contribution in [-0.4, -0.2) is 35.8 Å². The molecule has 2 heterocycles. The van der Waals surface area contributed by atoms with Crippen LogP contribution in [0.2, 0.25) is 0 Å². The van der Waals surface area contributed by atoms with E-state index in [1.165, 1.54) is 0 Å². The summed E-state index contributed by atoms with van der Waals surface area (Å²) in [5, 5.41) is 12.4. The molecule has 1 fully saturated rings. The van der Waals surface area contributed by atoms with E-state index in [2.05, 4.69) is 17.2 Å². The summed E-state index contributed by atoms with van der Waals surface area (Å²) in [6.45, 7) is 4.46. The molecule has 1 saturated heterocycles. The van der Waals surface area contributed by atoms with Crippen LogP contribution in [0.3, 0.4) is 0 Å². The Labute approximate surface area is 119 Å². The molecule has 2 N–H and O–H groups in total. The van der Waals surface area contributed by atoms with Crippen LogP contribution in [0, 0.1) is 5.92 Å². The molecule has 0 bridgehead atoms. The Balaban J connectivity index is 2.03. The molecule has 0 saturated carbocycles. The van der Waals surface area contributed by atoms with Crippen LogP contribution >= 0.6 is 0 Å². The van der Waals surface area contributed by atoms with Crippen molar-refractivity contribution < 1.29 is 14.6 Å². The van der Waals surface area contributed by atoms with Gasteiger partial charge in [0.1, 0.15) is 5.82 Å². The summed E-state index contributed by atoms with van der Waals surface area (Å²) in [6, 6.07) is 3.26. The lowest BCUT2D eigenvalue weighted by Crippen LogP contribution is -2.24. The first-order valence-electron chi connectivity index (χ1n) is 7.25. The maximum Gasteiger partial charge on any atom is 0.335 e. The molecule has 5 heteroatoms. The van der Waals surface area contributed by atoms with Crippen molar-refractivity contribution in [1.82, 2.24) is 4.98 Å². The Hall–Kier alpha value is -1.62. The molecule has 1 aromatic heterocycles. The lowest BCUT2D eigenvalue weighted by molar-refractivity contribution is 0.0594. The number of rotatable bonds is 6. The van der Waals surface area contributed by atoms with Crippen molar-refractivity contribution in [2.75, 3.05) is 25.1 Å². The fourth-order valence-corrected chi connectivity index (χ4v) is 2.40. The van der Waals surface area contributed by atoms with Gasteiger partial charge in [-0.3, -0.25) is 0 Å². The van der Waals surface area contributed by atoms with E-state index in [1.54, 1.807) is 12.1 Å². The fraction of sp³-hybridized carbons (Fsp3) is 0.600. The van der Waals surface area contributed by atoms with E-state index < -0.39 is 5.97 Å². The lowest BCUT2D eigenvalue weighted by Gasteiger charge is -2.22. The highest BCUT2D eigenvalue weighted by Crippen LogP contribution is 2.16. The average molecular weight is 278 g/mol. The minimum Gasteiger partial charge on any atom is -0.478 e. The number of hydrogen-bond donors (Lipinski definition) is 2. The number of carbonyl (C=O) groups is 1. The number of pyridine rings is 1. The Morgan fingerprint density at radius 2 is 2.40 bits per heavy atom. The topological polar surface area (TPSA) is 71.5 Å². The molecule has 1 aliphatic rings. The van der Waals surface area contributed by atoms with Crippen molar-refractivity contribution >= 4 is 11.8 Å². The standard InChI is InChI=1S/C15H22N2O3/c1-2-4-13-7-12(15(18)19)8-14(17-13)16-9-11-5-3-6-20-10-11/h7-8,11H,2-6,9-10H2,1H3,(H,16,17)(H,18,19). The van der Waals surface area contributed by atoms with Crippen LogP contribution in [0.1, 0.15) is 42.2 Å². The second-order valence-corrected chi connectivity index (χ2v) is 5.25. The number of anilines is 1. The van der Waals surface area contributed by atoms with E-state index in [0.29, 0.717) is 17.3 Å². The molecular formula is C15H22N2O3. The number of hydrogen-bond acceptors (Lipinski definition) is 4. The fourth-order valence-electron chi connectivity index (χ4n) is 2.40. The molecule has 1 atom stereocenters. The number of carboxylic acids is 1. The number of nitrogens with zero attached hydrogens (tertiary/aromatic N) is 1. The van der Waals surface area contributed by atoms with Gasteiger partial charge < -0.3 is 15.2 Å². The molecule has 1 unspecified atom stereocenters. The lowest BCUT2D eigenvalue weighted by atomic mass is 10.0. The molecule has 1 aromatic rings. The summed E-state index contributed by atoms with van der Waals surface area (Å²) < 4.78 is 5.44. The molecular weight excluding hydrogens is 256 g/mol. The second-order valence-electron chi connectivity index (χ2n) is 5.25. The Bertz CT molecular complexity index is 456. The summed E-state index contributed by atoms with van der Waals surface area (Å²) in [5.74, 6) is 0.224. The maximum atomic E-state index is 11.1. The maximum absolute atomic E-state index is 11.1. The third-order valence-electron chi connectivity index (χ3n) is 3.46. The van der Waals surface area contributed by atoms with Gasteiger partial charge in [-0.2, -0.15) is 0 Å². The molecule has 20 heavy (non-hydrogen) atoms. The van der Waals surface area contributed by atoms with Crippen molar-refractivity contribution in [1.29, 1.82) is 0 Å². The largest absolute Gasteiger partial charge is 0.478 e. The van der Waals surface area contributed by atoms with Crippen LogP contribution < -0.4 is 5.32 Å². The quantitative estimate of drug-likeness (QED) is 0.836. The van der Waals surface area contributed by atoms with Crippen molar-refractivity contribution in [3.05, 3.63) is 23.4 Å². The summed E-state index contributed by atoms with van der Waals surface area (Å²) in [6.07, 6.45) is 3.98. The minimum atomic E-state index is -0.909. The molecule has 0 amide bonds. The van der Waals surface area contributed by atoms with Gasteiger partial charge in [0.05, 0.1) is 12.2 Å². The smallest absolute Gasteiger partial charge is 0.335 e. The summed E-state index contributed by atoms with van der Waals surface area (Å²) >= 11 is 0. The number of ether oxygens (including phenoxy) is 1. The van der Waals surface area contributed by atoms with Crippen LogP contribution in [0.4, 0.5) is 5.82 Å². The molecule has 0 aromatic carbocycles. The van der Waals surface area contributed by atoms with Gasteiger partial charge >= 0.3 is 5.97 Å². The minimum absolute atomic E-state index is 0.297. The van der Waals surface area contributed by atoms with E-state index >= 15 is 0 Å². The molecule has 2 rings (SSSR count). The summed E-state index contributed by atoms with van der Waals surface area (Å²) in [4.78, 5) is 15.6. The molecule has 110 valence electrons. The molecule has 5 nitrogen and oxygen atoms in total. The van der Waals surface area contributed by atoms with E-state index in [4.69, 9.17) is 9.84 Å². The van der Waals surface area contributed by atoms with Gasteiger partial charge in [0.25, 0.3) is 0 Å². The zero-order valence-electron chi connectivity index (χ0n) is 11.9. The molecule has 0 aliphatic carbocycles. The summed E-state index contributed by atoms with van der Waals surface area (Å²) in [5.41, 5.74) is 1.13. The van der Waals surface area contributed by atoms with Crippen molar-refractivity contribution in [2.24, 2.45) is 5.92 Å². The van der Waals surface area contributed by atoms with Crippen LogP contribution in [0.25, 0.3) is 0 Å². The van der Waals surface area contributed by atoms with Gasteiger partial charge in [-0.1, -0.05) is 13.3 Å². The zero-order valence-corrected chi connectivity index (χ0v) is 11.9. The molecule has 0 radical (unpaired) electrons. The predicted octanol–water partition coefficient (Wildman–Crippen LogP) is 2.57. The number of nitrogens with one attached hydrogen (secondary N) is 1. The third-order valence-corrected chi connectivity index (χ3v) is 3.46. The predicted molar refractivity (Wildman–Crippen MR) is 77.2 cm³/mol. The number of aryl methyl sites for hydroxylation is 1. The van der Waals surface area contributed by atoms with Crippen LogP contribution in [0.5, 0.6) is 0 Å².